The van der Waals surface area contributed by atoms with Gasteiger partial charge in [0.25, 0.3) is 0 Å². The maximum atomic E-state index is 12.3. The summed E-state index contributed by atoms with van der Waals surface area (Å²) in [6.07, 6.45) is 3.51. The Morgan fingerprint density at radius 1 is 1.47 bits per heavy atom. The largest absolute Gasteiger partial charge is 0.339 e. The molecule has 2 fully saturated rings. The Hall–Kier alpha value is -0.570. The van der Waals surface area contributed by atoms with Gasteiger partial charge in [0.1, 0.15) is 0 Å². The molecule has 0 bridgehead atoms. The normalized spacial score (nSPS) is 36.1. The van der Waals surface area contributed by atoms with Crippen LogP contribution in [0.25, 0.3) is 0 Å². The van der Waals surface area contributed by atoms with Gasteiger partial charge in [-0.1, -0.05) is 13.8 Å². The van der Waals surface area contributed by atoms with E-state index in [2.05, 4.69) is 24.1 Å². The van der Waals surface area contributed by atoms with Gasteiger partial charge in [0, 0.05) is 19.1 Å². The quantitative estimate of drug-likeness (QED) is 0.744. The maximum Gasteiger partial charge on any atom is 0.227 e. The van der Waals surface area contributed by atoms with Crippen LogP contribution < -0.4 is 5.32 Å². The van der Waals surface area contributed by atoms with Gasteiger partial charge in [0.2, 0.25) is 5.91 Å². The molecule has 2 aliphatic rings. The highest BCUT2D eigenvalue weighted by molar-refractivity contribution is 5.80. The highest BCUT2D eigenvalue weighted by atomic mass is 16.2. The molecule has 3 nitrogen and oxygen atoms in total. The molecule has 3 unspecified atom stereocenters. The number of rotatable bonds is 2. The van der Waals surface area contributed by atoms with Gasteiger partial charge < -0.3 is 10.2 Å². The lowest BCUT2D eigenvalue weighted by Crippen LogP contribution is -2.41. The Morgan fingerprint density at radius 3 is 2.87 bits per heavy atom. The van der Waals surface area contributed by atoms with Crippen LogP contribution in [0.4, 0.5) is 0 Å². The van der Waals surface area contributed by atoms with E-state index in [4.69, 9.17) is 0 Å². The van der Waals surface area contributed by atoms with E-state index in [1.165, 1.54) is 12.8 Å². The lowest BCUT2D eigenvalue weighted by atomic mass is 9.96. The Labute approximate surface area is 92.2 Å². The van der Waals surface area contributed by atoms with E-state index in [-0.39, 0.29) is 5.92 Å². The number of hydrogen-bond donors (Lipinski definition) is 1. The fourth-order valence-electron chi connectivity index (χ4n) is 2.90. The standard InChI is InChI=1S/C12H22N2O/c1-3-10-5-4-6-14(10)12(15)11-8-13-7-9(11)2/h9-11,13H,3-8H2,1-2H3. The Balaban J connectivity index is 2.00. The van der Waals surface area contributed by atoms with Crippen molar-refractivity contribution in [3.8, 4) is 0 Å². The Morgan fingerprint density at radius 2 is 2.27 bits per heavy atom. The number of nitrogens with zero attached hydrogens (tertiary/aromatic N) is 1. The summed E-state index contributed by atoms with van der Waals surface area (Å²) in [5.41, 5.74) is 0. The zero-order valence-electron chi connectivity index (χ0n) is 9.83. The van der Waals surface area contributed by atoms with Crippen molar-refractivity contribution in [2.45, 2.75) is 39.2 Å². The van der Waals surface area contributed by atoms with Gasteiger partial charge in [-0.15, -0.1) is 0 Å². The van der Waals surface area contributed by atoms with E-state index in [0.29, 0.717) is 17.9 Å². The summed E-state index contributed by atoms with van der Waals surface area (Å²) in [4.78, 5) is 14.4. The summed E-state index contributed by atoms with van der Waals surface area (Å²) >= 11 is 0. The smallest absolute Gasteiger partial charge is 0.227 e. The molecule has 3 heteroatoms. The molecule has 2 saturated heterocycles. The van der Waals surface area contributed by atoms with Gasteiger partial charge in [-0.3, -0.25) is 4.79 Å². The van der Waals surface area contributed by atoms with Gasteiger partial charge in [0.15, 0.2) is 0 Å². The van der Waals surface area contributed by atoms with Crippen molar-refractivity contribution in [2.24, 2.45) is 11.8 Å². The number of amides is 1. The molecule has 0 saturated carbocycles. The number of carbonyl (C=O) groups excluding carboxylic acids is 1. The fraction of sp³-hybridized carbons (Fsp3) is 0.917. The number of likely N-dealkylation sites (tertiary alicyclic amines) is 1. The molecule has 0 aromatic rings. The van der Waals surface area contributed by atoms with E-state index < -0.39 is 0 Å². The molecule has 0 aromatic carbocycles. The average molecular weight is 210 g/mol. The van der Waals surface area contributed by atoms with Crippen LogP contribution in [0.3, 0.4) is 0 Å². The van der Waals surface area contributed by atoms with Crippen molar-refractivity contribution in [1.29, 1.82) is 0 Å². The van der Waals surface area contributed by atoms with Crippen LogP contribution in [0.1, 0.15) is 33.1 Å². The third-order valence-electron chi connectivity index (χ3n) is 3.97. The van der Waals surface area contributed by atoms with Crippen LogP contribution in [0.15, 0.2) is 0 Å². The summed E-state index contributed by atoms with van der Waals surface area (Å²) in [5, 5.41) is 3.31. The van der Waals surface area contributed by atoms with Crippen molar-refractivity contribution in [1.82, 2.24) is 10.2 Å². The third kappa shape index (κ3) is 2.03. The zero-order chi connectivity index (χ0) is 10.8. The molecular weight excluding hydrogens is 188 g/mol. The average Bonchev–Trinajstić information content (AvgIpc) is 2.84. The van der Waals surface area contributed by atoms with Crippen LogP contribution in [0.2, 0.25) is 0 Å². The van der Waals surface area contributed by atoms with Crippen LogP contribution >= 0.6 is 0 Å². The first-order chi connectivity index (χ1) is 7.24. The van der Waals surface area contributed by atoms with E-state index in [1.54, 1.807) is 0 Å². The van der Waals surface area contributed by atoms with Crippen molar-refractivity contribution in [3.05, 3.63) is 0 Å². The first-order valence-corrected chi connectivity index (χ1v) is 6.25. The predicted molar refractivity (Wildman–Crippen MR) is 60.5 cm³/mol. The predicted octanol–water partition coefficient (Wildman–Crippen LogP) is 1.24. The molecule has 2 aliphatic heterocycles. The number of hydrogen-bond acceptors (Lipinski definition) is 2. The zero-order valence-corrected chi connectivity index (χ0v) is 9.83. The molecular formula is C12H22N2O. The lowest BCUT2D eigenvalue weighted by molar-refractivity contribution is -0.136. The summed E-state index contributed by atoms with van der Waals surface area (Å²) < 4.78 is 0. The molecule has 2 heterocycles. The van der Waals surface area contributed by atoms with Crippen molar-refractivity contribution >= 4 is 5.91 Å². The fourth-order valence-corrected chi connectivity index (χ4v) is 2.90. The molecule has 86 valence electrons. The molecule has 1 N–H and O–H groups in total. The van der Waals surface area contributed by atoms with E-state index in [9.17, 15) is 4.79 Å². The maximum absolute atomic E-state index is 12.3. The van der Waals surface area contributed by atoms with Crippen LogP contribution in [0, 0.1) is 11.8 Å². The number of nitrogens with one attached hydrogen (secondary N) is 1. The van der Waals surface area contributed by atoms with Crippen LogP contribution in [-0.2, 0) is 4.79 Å². The topological polar surface area (TPSA) is 32.3 Å². The molecule has 1 amide bonds. The summed E-state index contributed by atoms with van der Waals surface area (Å²) in [7, 11) is 0. The van der Waals surface area contributed by atoms with E-state index in [1.807, 2.05) is 0 Å². The van der Waals surface area contributed by atoms with Gasteiger partial charge in [-0.05, 0) is 31.7 Å². The molecule has 2 rings (SSSR count). The van der Waals surface area contributed by atoms with E-state index in [0.717, 1.165) is 26.1 Å². The molecule has 0 radical (unpaired) electrons. The van der Waals surface area contributed by atoms with Crippen molar-refractivity contribution in [3.63, 3.8) is 0 Å². The monoisotopic (exact) mass is 210 g/mol. The Kier molecular flexibility index (Phi) is 3.29. The lowest BCUT2D eigenvalue weighted by Gasteiger charge is -2.27. The number of carbonyl (C=O) groups is 1. The molecule has 15 heavy (non-hydrogen) atoms. The summed E-state index contributed by atoms with van der Waals surface area (Å²) in [5.74, 6) is 1.14. The van der Waals surface area contributed by atoms with Gasteiger partial charge in [-0.25, -0.2) is 0 Å². The highest BCUT2D eigenvalue weighted by Gasteiger charge is 2.36. The molecule has 0 spiro atoms. The molecule has 0 aromatic heterocycles. The van der Waals surface area contributed by atoms with Gasteiger partial charge in [-0.2, -0.15) is 0 Å². The SMILES string of the molecule is CCC1CCCN1C(=O)C1CNCC1C. The van der Waals surface area contributed by atoms with Crippen LogP contribution in [0.5, 0.6) is 0 Å². The minimum atomic E-state index is 0.233. The molecule has 3 atom stereocenters. The van der Waals surface area contributed by atoms with Gasteiger partial charge in [0.05, 0.1) is 5.92 Å². The minimum Gasteiger partial charge on any atom is -0.339 e. The second-order valence-corrected chi connectivity index (χ2v) is 4.98. The first-order valence-electron chi connectivity index (χ1n) is 6.25. The second-order valence-electron chi connectivity index (χ2n) is 4.98. The minimum absolute atomic E-state index is 0.233. The third-order valence-corrected chi connectivity index (χ3v) is 3.97. The second kappa shape index (κ2) is 4.52. The summed E-state index contributed by atoms with van der Waals surface area (Å²) in [6, 6.07) is 0.519. The molecule has 0 aliphatic carbocycles. The van der Waals surface area contributed by atoms with Crippen LogP contribution in [-0.4, -0.2) is 36.5 Å². The van der Waals surface area contributed by atoms with Crippen molar-refractivity contribution < 1.29 is 4.79 Å². The highest BCUT2D eigenvalue weighted by Crippen LogP contribution is 2.26. The first kappa shape index (κ1) is 10.9. The summed E-state index contributed by atoms with van der Waals surface area (Å²) in [6.45, 7) is 7.24. The van der Waals surface area contributed by atoms with E-state index >= 15 is 0 Å². The Bertz CT molecular complexity index is 242. The van der Waals surface area contributed by atoms with Gasteiger partial charge >= 0.3 is 0 Å². The van der Waals surface area contributed by atoms with Crippen molar-refractivity contribution in [2.75, 3.05) is 19.6 Å².